The number of hydrogen-bond donors (Lipinski definition) is 2. The molecule has 12 heteroatoms. The van der Waals surface area contributed by atoms with Crippen molar-refractivity contribution in [1.82, 2.24) is 23.9 Å². The predicted octanol–water partition coefficient (Wildman–Crippen LogP) is 2.76. The molecule has 5 rings (SSSR count). The van der Waals surface area contributed by atoms with E-state index in [9.17, 15) is 13.2 Å². The lowest BCUT2D eigenvalue weighted by Crippen LogP contribution is -2.51. The van der Waals surface area contributed by atoms with Gasteiger partial charge in [-0.15, -0.1) is 0 Å². The van der Waals surface area contributed by atoms with Gasteiger partial charge >= 0.3 is 5.97 Å². The van der Waals surface area contributed by atoms with Crippen molar-refractivity contribution in [2.24, 2.45) is 5.92 Å². The minimum Gasteiger partial charge on any atom is -0.466 e. The van der Waals surface area contributed by atoms with Crippen molar-refractivity contribution in [2.45, 2.75) is 55.1 Å². The molecular formula is C24H32N6O4S2. The van der Waals surface area contributed by atoms with Crippen LogP contribution in [0.3, 0.4) is 0 Å². The van der Waals surface area contributed by atoms with E-state index in [2.05, 4.69) is 43.1 Å². The lowest BCUT2D eigenvalue weighted by molar-refractivity contribution is -0.149. The van der Waals surface area contributed by atoms with Gasteiger partial charge in [0.25, 0.3) is 10.2 Å². The number of hydrogen-bond acceptors (Lipinski definition) is 9. The van der Waals surface area contributed by atoms with Gasteiger partial charge in [-0.3, -0.25) is 9.69 Å². The fourth-order valence-electron chi connectivity index (χ4n) is 4.92. The maximum absolute atomic E-state index is 12.9. The number of nitrogens with one attached hydrogen (secondary N) is 2. The zero-order valence-corrected chi connectivity index (χ0v) is 22.0. The molecule has 0 radical (unpaired) electrons. The second-order valence-electron chi connectivity index (χ2n) is 9.37. The summed E-state index contributed by atoms with van der Waals surface area (Å²) in [5.41, 5.74) is 2.25. The Hall–Kier alpha value is -2.25. The van der Waals surface area contributed by atoms with Crippen molar-refractivity contribution in [2.75, 3.05) is 38.1 Å². The molecule has 0 amide bonds. The summed E-state index contributed by atoms with van der Waals surface area (Å²) in [6.07, 6.45) is 5.92. The molecule has 0 spiro atoms. The SMILES string of the molecule is CCOC(=O)C1CCN(S(=O)(=O)NC2CCN(Cc3ccc4c(c3)Nc3nccnc3S4)CC2)CC1. The monoisotopic (exact) mass is 532 g/mol. The van der Waals surface area contributed by atoms with Crippen molar-refractivity contribution < 1.29 is 17.9 Å². The Labute approximate surface area is 216 Å². The smallest absolute Gasteiger partial charge is 0.309 e. The van der Waals surface area contributed by atoms with Gasteiger partial charge < -0.3 is 10.1 Å². The van der Waals surface area contributed by atoms with Gasteiger partial charge in [-0.05, 0) is 50.3 Å². The zero-order chi connectivity index (χ0) is 25.1. The van der Waals surface area contributed by atoms with Gasteiger partial charge in [-0.2, -0.15) is 17.4 Å². The van der Waals surface area contributed by atoms with Crippen LogP contribution in [0, 0.1) is 5.92 Å². The summed E-state index contributed by atoms with van der Waals surface area (Å²) in [6, 6.07) is 6.34. The second kappa shape index (κ2) is 11.0. The topological polar surface area (TPSA) is 117 Å². The summed E-state index contributed by atoms with van der Waals surface area (Å²) in [5, 5.41) is 4.26. The first-order chi connectivity index (χ1) is 17.4. The minimum absolute atomic E-state index is 0.0781. The molecule has 3 aliphatic heterocycles. The molecule has 0 aliphatic carbocycles. The Bertz CT molecular complexity index is 1190. The Morgan fingerprint density at radius 2 is 1.89 bits per heavy atom. The highest BCUT2D eigenvalue weighted by molar-refractivity contribution is 7.99. The molecule has 0 saturated carbocycles. The highest BCUT2D eigenvalue weighted by Gasteiger charge is 2.33. The van der Waals surface area contributed by atoms with Crippen molar-refractivity contribution in [3.8, 4) is 0 Å². The maximum atomic E-state index is 12.9. The van der Waals surface area contributed by atoms with E-state index in [0.717, 1.165) is 53.9 Å². The number of piperidine rings is 2. The van der Waals surface area contributed by atoms with E-state index in [0.29, 0.717) is 32.5 Å². The lowest BCUT2D eigenvalue weighted by atomic mass is 9.98. The summed E-state index contributed by atoms with van der Waals surface area (Å²) in [4.78, 5) is 24.2. The number of esters is 1. The molecule has 194 valence electrons. The van der Waals surface area contributed by atoms with E-state index in [1.165, 1.54) is 9.87 Å². The lowest BCUT2D eigenvalue weighted by Gasteiger charge is -2.35. The van der Waals surface area contributed by atoms with E-state index in [1.54, 1.807) is 31.1 Å². The number of rotatable bonds is 7. The molecule has 10 nitrogen and oxygen atoms in total. The van der Waals surface area contributed by atoms with Crippen LogP contribution in [0.15, 0.2) is 40.5 Å². The van der Waals surface area contributed by atoms with Crippen molar-refractivity contribution in [1.29, 1.82) is 0 Å². The van der Waals surface area contributed by atoms with E-state index >= 15 is 0 Å². The van der Waals surface area contributed by atoms with Crippen LogP contribution in [0.25, 0.3) is 0 Å². The number of carbonyl (C=O) groups is 1. The van der Waals surface area contributed by atoms with E-state index in [4.69, 9.17) is 4.74 Å². The summed E-state index contributed by atoms with van der Waals surface area (Å²) in [5.74, 6) is 0.354. The summed E-state index contributed by atoms with van der Waals surface area (Å²) in [7, 11) is -3.56. The molecule has 2 saturated heterocycles. The van der Waals surface area contributed by atoms with Crippen LogP contribution in [0.2, 0.25) is 0 Å². The fourth-order valence-corrected chi connectivity index (χ4v) is 7.30. The molecule has 2 aromatic rings. The van der Waals surface area contributed by atoms with Crippen LogP contribution >= 0.6 is 11.8 Å². The van der Waals surface area contributed by atoms with Crippen LogP contribution in [-0.4, -0.2) is 72.4 Å². The molecular weight excluding hydrogens is 500 g/mol. The number of benzene rings is 1. The third-order valence-electron chi connectivity index (χ3n) is 6.89. The number of likely N-dealkylation sites (tertiary alicyclic amines) is 1. The van der Waals surface area contributed by atoms with Gasteiger partial charge in [-0.1, -0.05) is 17.8 Å². The number of aromatic nitrogens is 2. The molecule has 3 aliphatic rings. The van der Waals surface area contributed by atoms with Gasteiger partial charge in [0, 0.05) is 56.1 Å². The maximum Gasteiger partial charge on any atom is 0.309 e. The largest absolute Gasteiger partial charge is 0.466 e. The molecule has 36 heavy (non-hydrogen) atoms. The highest BCUT2D eigenvalue weighted by atomic mass is 32.2. The number of ether oxygens (including phenoxy) is 1. The van der Waals surface area contributed by atoms with E-state index in [1.807, 2.05) is 0 Å². The second-order valence-corrected chi connectivity index (χ2v) is 12.1. The van der Waals surface area contributed by atoms with Crippen molar-refractivity contribution in [3.05, 3.63) is 36.2 Å². The fraction of sp³-hybridized carbons (Fsp3) is 0.542. The number of carbonyl (C=O) groups excluding carboxylic acids is 1. The Morgan fingerprint density at radius 1 is 1.14 bits per heavy atom. The van der Waals surface area contributed by atoms with Crippen LogP contribution in [-0.2, 0) is 26.3 Å². The molecule has 0 atom stereocenters. The first-order valence-corrected chi connectivity index (χ1v) is 14.7. The highest BCUT2D eigenvalue weighted by Crippen LogP contribution is 2.42. The zero-order valence-electron chi connectivity index (χ0n) is 20.4. The molecule has 0 bridgehead atoms. The summed E-state index contributed by atoms with van der Waals surface area (Å²) >= 11 is 1.62. The van der Waals surface area contributed by atoms with Crippen LogP contribution in [0.5, 0.6) is 0 Å². The first-order valence-electron chi connectivity index (χ1n) is 12.5. The molecule has 2 N–H and O–H groups in total. The van der Waals surface area contributed by atoms with Crippen LogP contribution in [0.1, 0.15) is 38.2 Å². The molecule has 4 heterocycles. The van der Waals surface area contributed by atoms with E-state index < -0.39 is 10.2 Å². The van der Waals surface area contributed by atoms with Gasteiger partial charge in [-0.25, -0.2) is 9.97 Å². The Balaban J connectivity index is 1.10. The van der Waals surface area contributed by atoms with Crippen LogP contribution in [0.4, 0.5) is 11.5 Å². The number of anilines is 2. The number of fused-ring (bicyclic) bond motifs is 2. The summed E-state index contributed by atoms with van der Waals surface area (Å²) < 4.78 is 35.3. The van der Waals surface area contributed by atoms with Gasteiger partial charge in [0.1, 0.15) is 5.03 Å². The molecule has 1 aromatic carbocycles. The molecule has 2 fully saturated rings. The predicted molar refractivity (Wildman–Crippen MR) is 137 cm³/mol. The van der Waals surface area contributed by atoms with Crippen molar-refractivity contribution in [3.63, 3.8) is 0 Å². The summed E-state index contributed by atoms with van der Waals surface area (Å²) in [6.45, 7) is 5.29. The normalized spacial score (nSPS) is 19.8. The van der Waals surface area contributed by atoms with E-state index in [-0.39, 0.29) is 17.9 Å². The Kier molecular flexibility index (Phi) is 7.77. The van der Waals surface area contributed by atoms with Gasteiger partial charge in [0.2, 0.25) is 0 Å². The average molecular weight is 533 g/mol. The molecule has 1 aromatic heterocycles. The minimum atomic E-state index is -3.56. The molecule has 0 unspecified atom stereocenters. The standard InChI is InChI=1S/C24H32N6O4S2/c1-2-34-24(31)18-5-13-30(14-6-18)36(32,33)28-19-7-11-29(12-8-19)16-17-3-4-21-20(15-17)27-22-23(35-21)26-10-9-25-22/h3-4,9-10,15,18-19,28H,2,5-8,11-14,16H2,1H3,(H,25,27). The average Bonchev–Trinajstić information content (AvgIpc) is 2.88. The Morgan fingerprint density at radius 3 is 2.64 bits per heavy atom. The third kappa shape index (κ3) is 5.83. The quantitative estimate of drug-likeness (QED) is 0.443. The third-order valence-corrected chi connectivity index (χ3v) is 9.64. The van der Waals surface area contributed by atoms with Gasteiger partial charge in [0.15, 0.2) is 5.82 Å². The van der Waals surface area contributed by atoms with Crippen molar-refractivity contribution >= 4 is 39.4 Å². The first kappa shape index (κ1) is 25.4. The van der Waals surface area contributed by atoms with Gasteiger partial charge in [0.05, 0.1) is 18.2 Å². The van der Waals surface area contributed by atoms with Crippen LogP contribution < -0.4 is 10.0 Å². The number of nitrogens with zero attached hydrogens (tertiary/aromatic N) is 4.